The Labute approximate surface area is 135 Å². The monoisotopic (exact) mass is 313 g/mol. The Balaban J connectivity index is 1.98. The zero-order chi connectivity index (χ0) is 16.7. The average molecular weight is 313 g/mol. The van der Waals surface area contributed by atoms with Crippen LogP contribution in [-0.2, 0) is 0 Å². The summed E-state index contributed by atoms with van der Waals surface area (Å²) < 4.78 is 18.4. The molecule has 120 valence electrons. The molecule has 0 atom stereocenters. The van der Waals surface area contributed by atoms with Crippen molar-refractivity contribution in [3.63, 3.8) is 0 Å². The third-order valence-corrected chi connectivity index (χ3v) is 3.15. The number of hydrogen-bond acceptors (Lipinski definition) is 3. The van der Waals surface area contributed by atoms with E-state index in [2.05, 4.69) is 12.2 Å². The van der Waals surface area contributed by atoms with Crippen molar-refractivity contribution in [2.75, 3.05) is 11.9 Å². The summed E-state index contributed by atoms with van der Waals surface area (Å²) in [6, 6.07) is 13.1. The molecule has 3 nitrogen and oxygen atoms in total. The van der Waals surface area contributed by atoms with Gasteiger partial charge in [-0.05, 0) is 61.9 Å². The fourth-order valence-corrected chi connectivity index (χ4v) is 2.01. The van der Waals surface area contributed by atoms with Crippen molar-refractivity contribution in [3.8, 4) is 5.75 Å². The Hall–Kier alpha value is -2.62. The molecule has 2 rings (SSSR count). The average Bonchev–Trinajstić information content (AvgIpc) is 2.54. The van der Waals surface area contributed by atoms with Crippen molar-refractivity contribution in [1.29, 1.82) is 0 Å². The molecule has 0 saturated carbocycles. The second-order valence-electron chi connectivity index (χ2n) is 5.20. The summed E-state index contributed by atoms with van der Waals surface area (Å²) in [5, 5.41) is 3.15. The van der Waals surface area contributed by atoms with Gasteiger partial charge in [0.1, 0.15) is 11.6 Å². The van der Waals surface area contributed by atoms with Crippen LogP contribution in [-0.4, -0.2) is 12.4 Å². The third kappa shape index (κ3) is 5.25. The summed E-state index contributed by atoms with van der Waals surface area (Å²) in [6.07, 6.45) is 2.46. The first-order valence-electron chi connectivity index (χ1n) is 7.56. The van der Waals surface area contributed by atoms with Crippen molar-refractivity contribution in [1.82, 2.24) is 0 Å². The Bertz CT molecular complexity index is 676. The Morgan fingerprint density at radius 2 is 1.78 bits per heavy atom. The molecule has 0 aromatic heterocycles. The van der Waals surface area contributed by atoms with Crippen LogP contribution in [0.5, 0.6) is 5.75 Å². The number of ketones is 1. The first-order valence-corrected chi connectivity index (χ1v) is 7.56. The predicted octanol–water partition coefficient (Wildman–Crippen LogP) is 4.81. The quantitative estimate of drug-likeness (QED) is 0.588. The lowest BCUT2D eigenvalue weighted by Crippen LogP contribution is -2.01. The Kier molecular flexibility index (Phi) is 5.92. The fraction of sp³-hybridized carbons (Fsp3) is 0.211. The third-order valence-electron chi connectivity index (χ3n) is 3.15. The summed E-state index contributed by atoms with van der Waals surface area (Å²) in [7, 11) is 0. The minimum atomic E-state index is -0.356. The standard InChI is InChI=1S/C19H20FNO2/c1-3-12-23-18-10-8-17(9-11-18)21-14(2)13-19(22)15-4-6-16(20)7-5-15/h4-11,13,21H,3,12H2,1-2H3/b14-13-. The molecule has 4 heteroatoms. The van der Waals surface area contributed by atoms with Crippen molar-refractivity contribution < 1.29 is 13.9 Å². The molecule has 0 aliphatic carbocycles. The number of allylic oxidation sites excluding steroid dienone is 2. The molecule has 2 aromatic carbocycles. The van der Waals surface area contributed by atoms with E-state index < -0.39 is 0 Å². The molecule has 1 N–H and O–H groups in total. The number of rotatable bonds is 7. The number of hydrogen-bond donors (Lipinski definition) is 1. The van der Waals surface area contributed by atoms with E-state index in [0.29, 0.717) is 17.9 Å². The highest BCUT2D eigenvalue weighted by atomic mass is 19.1. The van der Waals surface area contributed by atoms with Gasteiger partial charge in [0.05, 0.1) is 6.61 Å². The summed E-state index contributed by atoms with van der Waals surface area (Å²) >= 11 is 0. The number of anilines is 1. The van der Waals surface area contributed by atoms with Crippen molar-refractivity contribution in [3.05, 3.63) is 71.7 Å². The topological polar surface area (TPSA) is 38.3 Å². The summed E-state index contributed by atoms with van der Waals surface area (Å²) in [6.45, 7) is 4.56. The van der Waals surface area contributed by atoms with E-state index in [-0.39, 0.29) is 11.6 Å². The van der Waals surface area contributed by atoms with Crippen LogP contribution in [0.2, 0.25) is 0 Å². The lowest BCUT2D eigenvalue weighted by molar-refractivity contribution is 0.104. The number of nitrogens with one attached hydrogen (secondary N) is 1. The first-order chi connectivity index (χ1) is 11.1. The number of benzene rings is 2. The predicted molar refractivity (Wildman–Crippen MR) is 90.3 cm³/mol. The zero-order valence-electron chi connectivity index (χ0n) is 13.3. The summed E-state index contributed by atoms with van der Waals surface area (Å²) in [5.74, 6) is 0.296. The Morgan fingerprint density at radius 3 is 2.39 bits per heavy atom. The molecule has 0 aliphatic heterocycles. The maximum absolute atomic E-state index is 12.9. The second kappa shape index (κ2) is 8.13. The number of halogens is 1. The van der Waals surface area contributed by atoms with E-state index in [1.54, 1.807) is 0 Å². The van der Waals surface area contributed by atoms with Crippen LogP contribution in [0, 0.1) is 5.82 Å². The van der Waals surface area contributed by atoms with E-state index in [0.717, 1.165) is 17.9 Å². The highest BCUT2D eigenvalue weighted by molar-refractivity contribution is 6.05. The van der Waals surface area contributed by atoms with Gasteiger partial charge in [0.2, 0.25) is 0 Å². The van der Waals surface area contributed by atoms with Gasteiger partial charge in [-0.1, -0.05) is 6.92 Å². The van der Waals surface area contributed by atoms with E-state index in [1.165, 1.54) is 30.3 Å². The molecule has 0 heterocycles. The van der Waals surface area contributed by atoms with Crippen LogP contribution in [0.4, 0.5) is 10.1 Å². The number of carbonyl (C=O) groups excluding carboxylic acids is 1. The van der Waals surface area contributed by atoms with Gasteiger partial charge >= 0.3 is 0 Å². The zero-order valence-corrected chi connectivity index (χ0v) is 13.3. The van der Waals surface area contributed by atoms with Crippen molar-refractivity contribution in [2.45, 2.75) is 20.3 Å². The van der Waals surface area contributed by atoms with Gasteiger partial charge in [0.15, 0.2) is 5.78 Å². The van der Waals surface area contributed by atoms with E-state index in [9.17, 15) is 9.18 Å². The molecule has 0 bridgehead atoms. The molecule has 23 heavy (non-hydrogen) atoms. The van der Waals surface area contributed by atoms with Crippen molar-refractivity contribution in [2.24, 2.45) is 0 Å². The maximum Gasteiger partial charge on any atom is 0.187 e. The number of ether oxygens (including phenoxy) is 1. The van der Waals surface area contributed by atoms with E-state index in [1.807, 2.05) is 31.2 Å². The molecule has 0 unspecified atom stereocenters. The number of carbonyl (C=O) groups is 1. The van der Waals surface area contributed by atoms with Gasteiger partial charge in [-0.3, -0.25) is 4.79 Å². The van der Waals surface area contributed by atoms with Gasteiger partial charge in [-0.15, -0.1) is 0 Å². The summed E-state index contributed by atoms with van der Waals surface area (Å²) in [5.41, 5.74) is 2.03. The molecule has 0 fully saturated rings. The molecular weight excluding hydrogens is 293 g/mol. The minimum Gasteiger partial charge on any atom is -0.494 e. The lowest BCUT2D eigenvalue weighted by atomic mass is 10.1. The lowest BCUT2D eigenvalue weighted by Gasteiger charge is -2.08. The van der Waals surface area contributed by atoms with E-state index in [4.69, 9.17) is 4.74 Å². The molecule has 2 aromatic rings. The van der Waals surface area contributed by atoms with Gasteiger partial charge in [0, 0.05) is 23.0 Å². The SMILES string of the molecule is CCCOc1ccc(N/C(C)=C\C(=O)c2ccc(F)cc2)cc1. The fourth-order valence-electron chi connectivity index (χ4n) is 2.01. The van der Waals surface area contributed by atoms with Crippen LogP contribution >= 0.6 is 0 Å². The first kappa shape index (κ1) is 16.7. The van der Waals surface area contributed by atoms with Crippen LogP contribution in [0.1, 0.15) is 30.6 Å². The van der Waals surface area contributed by atoms with Crippen LogP contribution in [0.15, 0.2) is 60.3 Å². The molecule has 0 saturated heterocycles. The second-order valence-corrected chi connectivity index (χ2v) is 5.20. The maximum atomic E-state index is 12.9. The van der Waals surface area contributed by atoms with Gasteiger partial charge in [0.25, 0.3) is 0 Å². The van der Waals surface area contributed by atoms with E-state index >= 15 is 0 Å². The molecule has 0 aliphatic rings. The van der Waals surface area contributed by atoms with Gasteiger partial charge in [-0.25, -0.2) is 4.39 Å². The van der Waals surface area contributed by atoms with Gasteiger partial charge < -0.3 is 10.1 Å². The van der Waals surface area contributed by atoms with Crippen LogP contribution in [0.25, 0.3) is 0 Å². The van der Waals surface area contributed by atoms with Crippen molar-refractivity contribution >= 4 is 11.5 Å². The molecule has 0 amide bonds. The van der Waals surface area contributed by atoms with Gasteiger partial charge in [-0.2, -0.15) is 0 Å². The summed E-state index contributed by atoms with van der Waals surface area (Å²) in [4.78, 5) is 12.1. The normalized spacial score (nSPS) is 11.2. The highest BCUT2D eigenvalue weighted by Crippen LogP contribution is 2.17. The smallest absolute Gasteiger partial charge is 0.187 e. The van der Waals surface area contributed by atoms with Crippen LogP contribution < -0.4 is 10.1 Å². The molecule has 0 spiro atoms. The van der Waals surface area contributed by atoms with Crippen LogP contribution in [0.3, 0.4) is 0 Å². The molecular formula is C19H20FNO2. The Morgan fingerprint density at radius 1 is 1.13 bits per heavy atom. The highest BCUT2D eigenvalue weighted by Gasteiger charge is 2.04. The largest absolute Gasteiger partial charge is 0.494 e. The molecule has 0 radical (unpaired) electrons. The minimum absolute atomic E-state index is 0.169.